The van der Waals surface area contributed by atoms with E-state index in [1.54, 1.807) is 0 Å². The summed E-state index contributed by atoms with van der Waals surface area (Å²) in [6.45, 7) is 6.20. The Kier molecular flexibility index (Phi) is 6.37. The van der Waals surface area contributed by atoms with Crippen molar-refractivity contribution in [1.29, 1.82) is 0 Å². The van der Waals surface area contributed by atoms with Gasteiger partial charge in [-0.1, -0.05) is 13.8 Å². The van der Waals surface area contributed by atoms with E-state index < -0.39 is 0 Å². The van der Waals surface area contributed by atoms with Gasteiger partial charge in [-0.15, -0.1) is 0 Å². The first-order valence-corrected chi connectivity index (χ1v) is 7.41. The normalized spacial score (nSPS) is 10.9. The van der Waals surface area contributed by atoms with Crippen molar-refractivity contribution in [3.8, 4) is 0 Å². The smallest absolute Gasteiger partial charge is 0.0562 e. The Labute approximate surface area is 109 Å². The molecule has 0 aliphatic heterocycles. The third kappa shape index (κ3) is 5.41. The van der Waals surface area contributed by atoms with Crippen LogP contribution in [-0.2, 0) is 6.54 Å². The van der Waals surface area contributed by atoms with Gasteiger partial charge in [-0.25, -0.2) is 0 Å². The van der Waals surface area contributed by atoms with Crippen molar-refractivity contribution >= 4 is 17.4 Å². The number of nitrogens with one attached hydrogen (secondary N) is 1. The number of nitrogens with zero attached hydrogens (tertiary/aromatic N) is 2. The van der Waals surface area contributed by atoms with Crippen LogP contribution in [0.3, 0.4) is 0 Å². The topological polar surface area (TPSA) is 28.2 Å². The lowest BCUT2D eigenvalue weighted by Crippen LogP contribution is -2.23. The van der Waals surface area contributed by atoms with Gasteiger partial charge in [-0.2, -0.15) is 11.8 Å². The molecule has 0 unspecified atom stereocenters. The average molecular weight is 253 g/mol. The fourth-order valence-electron chi connectivity index (χ4n) is 1.47. The molecule has 96 valence electrons. The minimum absolute atomic E-state index is 0.495. The first kappa shape index (κ1) is 14.3. The first-order chi connectivity index (χ1) is 8.13. The molecule has 1 aromatic rings. The van der Waals surface area contributed by atoms with Crippen molar-refractivity contribution < 1.29 is 0 Å². The SMILES string of the molecule is CSCCN(C)c1ccnc(CNC(C)C)c1. The zero-order chi connectivity index (χ0) is 12.7. The van der Waals surface area contributed by atoms with E-state index in [0.29, 0.717) is 6.04 Å². The van der Waals surface area contributed by atoms with E-state index in [0.717, 1.165) is 24.5 Å². The predicted molar refractivity (Wildman–Crippen MR) is 77.9 cm³/mol. The molecule has 0 atom stereocenters. The van der Waals surface area contributed by atoms with E-state index in [2.05, 4.69) is 54.5 Å². The Morgan fingerprint density at radius 3 is 2.88 bits per heavy atom. The van der Waals surface area contributed by atoms with Crippen LogP contribution in [0.1, 0.15) is 19.5 Å². The largest absolute Gasteiger partial charge is 0.374 e. The predicted octanol–water partition coefficient (Wildman–Crippen LogP) is 2.38. The molecule has 0 aliphatic carbocycles. The zero-order valence-corrected chi connectivity index (χ0v) is 12.0. The highest BCUT2D eigenvalue weighted by molar-refractivity contribution is 7.98. The first-order valence-electron chi connectivity index (χ1n) is 6.02. The van der Waals surface area contributed by atoms with Gasteiger partial charge in [-0.3, -0.25) is 4.98 Å². The van der Waals surface area contributed by atoms with Crippen LogP contribution in [0.15, 0.2) is 18.3 Å². The third-order valence-electron chi connectivity index (χ3n) is 2.56. The molecule has 4 heteroatoms. The van der Waals surface area contributed by atoms with Crippen LogP contribution < -0.4 is 10.2 Å². The number of aromatic nitrogens is 1. The van der Waals surface area contributed by atoms with Crippen LogP contribution in [0.25, 0.3) is 0 Å². The lowest BCUT2D eigenvalue weighted by molar-refractivity contribution is 0.581. The van der Waals surface area contributed by atoms with Gasteiger partial charge in [0, 0.05) is 43.8 Å². The molecule has 0 amide bonds. The fraction of sp³-hybridized carbons (Fsp3) is 0.615. The molecule has 17 heavy (non-hydrogen) atoms. The standard InChI is InChI=1S/C13H23N3S/c1-11(2)15-10-12-9-13(5-6-14-12)16(3)7-8-17-4/h5-6,9,11,15H,7-8,10H2,1-4H3. The van der Waals surface area contributed by atoms with Crippen LogP contribution >= 0.6 is 11.8 Å². The minimum Gasteiger partial charge on any atom is -0.374 e. The van der Waals surface area contributed by atoms with Gasteiger partial charge >= 0.3 is 0 Å². The van der Waals surface area contributed by atoms with Crippen LogP contribution in [-0.4, -0.2) is 36.6 Å². The molecular formula is C13H23N3S. The molecule has 0 aromatic carbocycles. The van der Waals surface area contributed by atoms with Gasteiger partial charge in [0.25, 0.3) is 0 Å². The fourth-order valence-corrected chi connectivity index (χ4v) is 1.92. The molecule has 1 aromatic heterocycles. The number of pyridine rings is 1. The maximum Gasteiger partial charge on any atom is 0.0562 e. The van der Waals surface area contributed by atoms with E-state index in [9.17, 15) is 0 Å². The van der Waals surface area contributed by atoms with Crippen molar-refractivity contribution in [2.24, 2.45) is 0 Å². The van der Waals surface area contributed by atoms with Crippen molar-refractivity contribution in [2.45, 2.75) is 26.4 Å². The van der Waals surface area contributed by atoms with Crippen LogP contribution in [0, 0.1) is 0 Å². The summed E-state index contributed by atoms with van der Waals surface area (Å²) >= 11 is 1.87. The highest BCUT2D eigenvalue weighted by Gasteiger charge is 2.03. The lowest BCUT2D eigenvalue weighted by atomic mass is 10.3. The molecule has 1 rings (SSSR count). The Bertz CT molecular complexity index is 328. The summed E-state index contributed by atoms with van der Waals surface area (Å²) in [5, 5.41) is 3.39. The minimum atomic E-state index is 0.495. The molecule has 0 saturated carbocycles. The number of anilines is 1. The van der Waals surface area contributed by atoms with E-state index in [4.69, 9.17) is 0 Å². The Morgan fingerprint density at radius 2 is 2.24 bits per heavy atom. The highest BCUT2D eigenvalue weighted by Crippen LogP contribution is 2.13. The zero-order valence-electron chi connectivity index (χ0n) is 11.2. The molecule has 0 aliphatic rings. The average Bonchev–Trinajstić information content (AvgIpc) is 2.33. The summed E-state index contributed by atoms with van der Waals surface area (Å²) in [6.07, 6.45) is 4.03. The number of hydrogen-bond donors (Lipinski definition) is 1. The molecule has 1 N–H and O–H groups in total. The number of thioether (sulfide) groups is 1. The van der Waals surface area contributed by atoms with Crippen LogP contribution in [0.5, 0.6) is 0 Å². The monoisotopic (exact) mass is 253 g/mol. The summed E-state index contributed by atoms with van der Waals surface area (Å²) in [6, 6.07) is 4.73. The van der Waals surface area contributed by atoms with Crippen molar-refractivity contribution in [3.63, 3.8) is 0 Å². The second-order valence-electron chi connectivity index (χ2n) is 4.46. The van der Waals surface area contributed by atoms with Gasteiger partial charge in [0.15, 0.2) is 0 Å². The summed E-state index contributed by atoms with van der Waals surface area (Å²) in [5.41, 5.74) is 2.35. The number of rotatable bonds is 7. The maximum atomic E-state index is 4.38. The molecule has 1 heterocycles. The third-order valence-corrected chi connectivity index (χ3v) is 3.15. The maximum absolute atomic E-state index is 4.38. The van der Waals surface area contributed by atoms with E-state index in [1.165, 1.54) is 5.69 Å². The molecule has 0 radical (unpaired) electrons. The number of hydrogen-bond acceptors (Lipinski definition) is 4. The van der Waals surface area contributed by atoms with Crippen molar-refractivity contribution in [3.05, 3.63) is 24.0 Å². The molecule has 0 spiro atoms. The molecular weight excluding hydrogens is 230 g/mol. The quantitative estimate of drug-likeness (QED) is 0.807. The van der Waals surface area contributed by atoms with Gasteiger partial charge in [0.1, 0.15) is 0 Å². The Balaban J connectivity index is 2.58. The summed E-state index contributed by atoms with van der Waals surface area (Å²) < 4.78 is 0. The second-order valence-corrected chi connectivity index (χ2v) is 5.44. The van der Waals surface area contributed by atoms with Crippen molar-refractivity contribution in [2.75, 3.05) is 30.5 Å². The van der Waals surface area contributed by atoms with Crippen LogP contribution in [0.4, 0.5) is 5.69 Å². The Morgan fingerprint density at radius 1 is 1.47 bits per heavy atom. The van der Waals surface area contributed by atoms with E-state index in [-0.39, 0.29) is 0 Å². The summed E-state index contributed by atoms with van der Waals surface area (Å²) in [4.78, 5) is 6.65. The lowest BCUT2D eigenvalue weighted by Gasteiger charge is -2.19. The van der Waals surface area contributed by atoms with Gasteiger partial charge in [0.2, 0.25) is 0 Å². The van der Waals surface area contributed by atoms with Gasteiger partial charge < -0.3 is 10.2 Å². The molecule has 0 saturated heterocycles. The van der Waals surface area contributed by atoms with Crippen LogP contribution in [0.2, 0.25) is 0 Å². The Hall–Kier alpha value is -0.740. The highest BCUT2D eigenvalue weighted by atomic mass is 32.2. The van der Waals surface area contributed by atoms with E-state index in [1.807, 2.05) is 18.0 Å². The van der Waals surface area contributed by atoms with Gasteiger partial charge in [0.05, 0.1) is 5.69 Å². The summed E-state index contributed by atoms with van der Waals surface area (Å²) in [7, 11) is 2.13. The van der Waals surface area contributed by atoms with Gasteiger partial charge in [-0.05, 0) is 18.4 Å². The summed E-state index contributed by atoms with van der Waals surface area (Å²) in [5.74, 6) is 1.15. The molecule has 0 fully saturated rings. The second kappa shape index (κ2) is 7.56. The molecule has 0 bridgehead atoms. The van der Waals surface area contributed by atoms with Crippen molar-refractivity contribution in [1.82, 2.24) is 10.3 Å². The molecule has 3 nitrogen and oxygen atoms in total. The van der Waals surface area contributed by atoms with E-state index >= 15 is 0 Å².